The molecule has 1 unspecified atom stereocenters. The van der Waals surface area contributed by atoms with Gasteiger partial charge in [-0.05, 0) is 19.4 Å². The van der Waals surface area contributed by atoms with Crippen molar-refractivity contribution < 1.29 is 9.72 Å². The Kier molecular flexibility index (Phi) is 4.46. The average molecular weight is 279 g/mol. The maximum Gasteiger partial charge on any atom is 0.288 e. The first kappa shape index (κ1) is 14.2. The fourth-order valence-electron chi connectivity index (χ4n) is 2.19. The number of primary amides is 1. The summed E-state index contributed by atoms with van der Waals surface area (Å²) < 4.78 is 0. The molecule has 2 heterocycles. The summed E-state index contributed by atoms with van der Waals surface area (Å²) in [7, 11) is 0. The number of rotatable bonds is 4. The van der Waals surface area contributed by atoms with Crippen LogP contribution in [-0.2, 0) is 0 Å². The second-order valence-electron chi connectivity index (χ2n) is 4.75. The Morgan fingerprint density at radius 1 is 1.55 bits per heavy atom. The Morgan fingerprint density at radius 3 is 3.05 bits per heavy atom. The number of carbonyl (C=O) groups excluding carboxylic acids is 1. The summed E-state index contributed by atoms with van der Waals surface area (Å²) in [5, 5.41) is 17.1. The van der Waals surface area contributed by atoms with Crippen molar-refractivity contribution >= 4 is 17.4 Å². The molecule has 8 heteroatoms. The van der Waals surface area contributed by atoms with Crippen LogP contribution in [0.15, 0.2) is 12.3 Å². The van der Waals surface area contributed by atoms with Crippen LogP contribution in [0.4, 0.5) is 11.5 Å². The molecule has 1 saturated heterocycles. The van der Waals surface area contributed by atoms with E-state index in [1.165, 1.54) is 0 Å². The number of aromatic nitrogens is 1. The van der Waals surface area contributed by atoms with Gasteiger partial charge in [0.1, 0.15) is 12.0 Å². The number of anilines is 1. The molecule has 0 bridgehead atoms. The smallest absolute Gasteiger partial charge is 0.288 e. The number of nitro groups is 1. The third-order valence-electron chi connectivity index (χ3n) is 3.24. The van der Waals surface area contributed by atoms with Crippen LogP contribution < -0.4 is 16.4 Å². The van der Waals surface area contributed by atoms with Crippen LogP contribution in [0.1, 0.15) is 29.6 Å². The molecule has 0 saturated carbocycles. The monoisotopic (exact) mass is 279 g/mol. The van der Waals surface area contributed by atoms with E-state index in [0.717, 1.165) is 44.6 Å². The van der Waals surface area contributed by atoms with Crippen LogP contribution in [0.25, 0.3) is 0 Å². The van der Waals surface area contributed by atoms with E-state index >= 15 is 0 Å². The normalized spacial score (nSPS) is 19.1. The van der Waals surface area contributed by atoms with E-state index in [9.17, 15) is 14.9 Å². The molecule has 1 fully saturated rings. The van der Waals surface area contributed by atoms with Gasteiger partial charge in [-0.15, -0.1) is 0 Å². The highest BCUT2D eigenvalue weighted by molar-refractivity contribution is 5.98. The fourth-order valence-corrected chi connectivity index (χ4v) is 2.19. The summed E-state index contributed by atoms with van der Waals surface area (Å²) in [5.74, 6) is -0.429. The van der Waals surface area contributed by atoms with Gasteiger partial charge in [0.05, 0.1) is 10.5 Å². The average Bonchev–Trinajstić information content (AvgIpc) is 2.67. The van der Waals surface area contributed by atoms with Crippen molar-refractivity contribution in [3.8, 4) is 0 Å². The lowest BCUT2D eigenvalue weighted by molar-refractivity contribution is -0.385. The van der Waals surface area contributed by atoms with Crippen molar-refractivity contribution in [2.75, 3.05) is 18.4 Å². The Hall–Kier alpha value is -2.22. The molecule has 1 amide bonds. The topological polar surface area (TPSA) is 123 Å². The zero-order chi connectivity index (χ0) is 14.5. The highest BCUT2D eigenvalue weighted by atomic mass is 16.6. The van der Waals surface area contributed by atoms with Gasteiger partial charge in [0.25, 0.3) is 11.6 Å². The zero-order valence-corrected chi connectivity index (χ0v) is 11.0. The third kappa shape index (κ3) is 3.41. The maximum absolute atomic E-state index is 11.4. The van der Waals surface area contributed by atoms with Gasteiger partial charge >= 0.3 is 0 Å². The van der Waals surface area contributed by atoms with Gasteiger partial charge in [0, 0.05) is 18.7 Å². The first-order valence-electron chi connectivity index (χ1n) is 6.49. The minimum atomic E-state index is -0.731. The number of nitrogens with zero attached hydrogens (tertiary/aromatic N) is 2. The molecular weight excluding hydrogens is 262 g/mol. The van der Waals surface area contributed by atoms with Crippen LogP contribution in [0.3, 0.4) is 0 Å². The van der Waals surface area contributed by atoms with Gasteiger partial charge in [-0.1, -0.05) is 6.42 Å². The Bertz CT molecular complexity index is 512. The number of amides is 1. The maximum atomic E-state index is 11.4. The van der Waals surface area contributed by atoms with Crippen LogP contribution in [-0.4, -0.2) is 34.9 Å². The number of hydrogen-bond donors (Lipinski definition) is 3. The summed E-state index contributed by atoms with van der Waals surface area (Å²) in [6.45, 7) is 1.73. The summed E-state index contributed by atoms with van der Waals surface area (Å²) in [6, 6.07) is 1.28. The number of nitrogens with one attached hydrogen (secondary N) is 2. The zero-order valence-electron chi connectivity index (χ0n) is 11.0. The van der Waals surface area contributed by atoms with Crippen LogP contribution >= 0.6 is 0 Å². The van der Waals surface area contributed by atoms with Gasteiger partial charge in [-0.3, -0.25) is 14.9 Å². The van der Waals surface area contributed by atoms with Crippen LogP contribution in [0.5, 0.6) is 0 Å². The highest BCUT2D eigenvalue weighted by Crippen LogP contribution is 2.20. The lowest BCUT2D eigenvalue weighted by atomic mass is 10.1. The summed E-state index contributed by atoms with van der Waals surface area (Å²) in [4.78, 5) is 25.5. The third-order valence-corrected chi connectivity index (χ3v) is 3.24. The van der Waals surface area contributed by atoms with Crippen molar-refractivity contribution in [1.29, 1.82) is 0 Å². The predicted octanol–water partition coefficient (Wildman–Crippen LogP) is 0.643. The van der Waals surface area contributed by atoms with Gasteiger partial charge in [-0.2, -0.15) is 0 Å². The summed E-state index contributed by atoms with van der Waals surface area (Å²) in [6.07, 6.45) is 4.25. The number of hydrogen-bond acceptors (Lipinski definition) is 6. The largest absolute Gasteiger partial charge is 0.365 e. The Balaban J connectivity index is 2.21. The molecule has 1 aromatic rings. The van der Waals surface area contributed by atoms with Crippen molar-refractivity contribution in [3.05, 3.63) is 27.9 Å². The summed E-state index contributed by atoms with van der Waals surface area (Å²) >= 11 is 0. The molecular formula is C12H17N5O3. The lowest BCUT2D eigenvalue weighted by Crippen LogP contribution is -2.32. The Morgan fingerprint density at radius 2 is 2.35 bits per heavy atom. The van der Waals surface area contributed by atoms with Gasteiger partial charge < -0.3 is 16.4 Å². The minimum absolute atomic E-state index is 0.0449. The van der Waals surface area contributed by atoms with Crippen molar-refractivity contribution in [2.45, 2.75) is 25.3 Å². The molecule has 0 spiro atoms. The molecule has 2 rings (SSSR count). The molecule has 1 atom stereocenters. The molecule has 4 N–H and O–H groups in total. The van der Waals surface area contributed by atoms with E-state index in [4.69, 9.17) is 5.73 Å². The van der Waals surface area contributed by atoms with Crippen molar-refractivity contribution in [3.63, 3.8) is 0 Å². The SMILES string of the molecule is NC(=O)c1cc([N+](=O)[O-])cnc1NC1CCCCNC1. The minimum Gasteiger partial charge on any atom is -0.365 e. The second kappa shape index (κ2) is 6.29. The number of pyridine rings is 1. The molecule has 0 aromatic carbocycles. The second-order valence-corrected chi connectivity index (χ2v) is 4.75. The van der Waals surface area contributed by atoms with Crippen LogP contribution in [0.2, 0.25) is 0 Å². The van der Waals surface area contributed by atoms with E-state index in [1.807, 2.05) is 0 Å². The molecule has 0 aliphatic carbocycles. The van der Waals surface area contributed by atoms with Gasteiger partial charge in [-0.25, -0.2) is 4.98 Å². The number of nitrogens with two attached hydrogens (primary N) is 1. The van der Waals surface area contributed by atoms with E-state index in [0.29, 0.717) is 5.82 Å². The molecule has 8 nitrogen and oxygen atoms in total. The predicted molar refractivity (Wildman–Crippen MR) is 73.5 cm³/mol. The standard InChI is InChI=1S/C12H17N5O3/c13-11(18)10-5-9(17(19)20)7-15-12(10)16-8-3-1-2-4-14-6-8/h5,7-8,14H,1-4,6H2,(H2,13,18)(H,15,16). The molecule has 1 aromatic heterocycles. The first-order chi connectivity index (χ1) is 9.58. The highest BCUT2D eigenvalue weighted by Gasteiger charge is 2.19. The van der Waals surface area contributed by atoms with E-state index in [2.05, 4.69) is 15.6 Å². The fraction of sp³-hybridized carbons (Fsp3) is 0.500. The van der Waals surface area contributed by atoms with E-state index in [-0.39, 0.29) is 17.3 Å². The van der Waals surface area contributed by atoms with Crippen LogP contribution in [0, 0.1) is 10.1 Å². The van der Waals surface area contributed by atoms with Gasteiger partial charge in [0.15, 0.2) is 0 Å². The van der Waals surface area contributed by atoms with E-state index in [1.54, 1.807) is 0 Å². The molecule has 1 aliphatic heterocycles. The molecule has 108 valence electrons. The van der Waals surface area contributed by atoms with Crippen molar-refractivity contribution in [2.24, 2.45) is 5.73 Å². The Labute approximate surface area is 115 Å². The molecule has 1 aliphatic rings. The van der Waals surface area contributed by atoms with E-state index < -0.39 is 10.8 Å². The van der Waals surface area contributed by atoms with Gasteiger partial charge in [0.2, 0.25) is 0 Å². The molecule has 20 heavy (non-hydrogen) atoms. The quantitative estimate of drug-likeness (QED) is 0.549. The molecule has 0 radical (unpaired) electrons. The first-order valence-corrected chi connectivity index (χ1v) is 6.49. The number of carbonyl (C=O) groups is 1. The lowest BCUT2D eigenvalue weighted by Gasteiger charge is -2.18. The summed E-state index contributed by atoms with van der Waals surface area (Å²) in [5.41, 5.74) is 5.06. The van der Waals surface area contributed by atoms with Crippen molar-refractivity contribution in [1.82, 2.24) is 10.3 Å².